The molecule has 0 atom stereocenters. The number of fused-ring (bicyclic) bond motifs is 1. The van der Waals surface area contributed by atoms with Crippen LogP contribution in [0, 0.1) is 5.92 Å². The third-order valence-electron chi connectivity index (χ3n) is 5.47. The lowest BCUT2D eigenvalue weighted by Crippen LogP contribution is -2.36. The van der Waals surface area contributed by atoms with E-state index in [9.17, 15) is 9.59 Å². The quantitative estimate of drug-likeness (QED) is 0.604. The van der Waals surface area contributed by atoms with Crippen LogP contribution >= 0.6 is 0 Å². The molecule has 152 valence electrons. The Labute approximate surface area is 171 Å². The molecular weight excluding hydrogens is 364 g/mol. The molecule has 6 heteroatoms. The molecule has 1 aliphatic heterocycles. The summed E-state index contributed by atoms with van der Waals surface area (Å²) in [6.07, 6.45) is 3.98. The second kappa shape index (κ2) is 8.99. The standard InChI is InChI=1S/C23H28N4O2/c28-22(19-9-10-19)26-20-7-3-5-17(15-20)16-25-23(29)24-12-4-13-27-14-11-18-6-1-2-8-21(18)27/h1-3,5-8,15,19H,4,9-14,16H2,(H,26,28)(H2,24,25,29). The largest absolute Gasteiger partial charge is 0.371 e. The summed E-state index contributed by atoms with van der Waals surface area (Å²) in [7, 11) is 0. The topological polar surface area (TPSA) is 73.5 Å². The molecule has 0 bridgehead atoms. The van der Waals surface area contributed by atoms with Gasteiger partial charge in [-0.2, -0.15) is 0 Å². The van der Waals surface area contributed by atoms with E-state index in [2.05, 4.69) is 45.1 Å². The number of hydrogen-bond donors (Lipinski definition) is 3. The van der Waals surface area contributed by atoms with Crippen LogP contribution in [0.1, 0.15) is 30.4 Å². The van der Waals surface area contributed by atoms with Gasteiger partial charge in [0, 0.05) is 43.5 Å². The number of amides is 3. The van der Waals surface area contributed by atoms with E-state index in [1.165, 1.54) is 11.3 Å². The Bertz CT molecular complexity index is 879. The van der Waals surface area contributed by atoms with Crippen molar-refractivity contribution in [1.82, 2.24) is 10.6 Å². The molecular formula is C23H28N4O2. The third-order valence-corrected chi connectivity index (χ3v) is 5.47. The molecule has 1 fully saturated rings. The molecule has 1 aliphatic carbocycles. The average molecular weight is 393 g/mol. The SMILES string of the molecule is O=C(NCCCN1CCc2ccccc21)NCc1cccc(NC(=O)C2CC2)c1. The van der Waals surface area contributed by atoms with Crippen LogP contribution in [0.15, 0.2) is 48.5 Å². The number of carbonyl (C=O) groups is 2. The Morgan fingerprint density at radius 2 is 1.90 bits per heavy atom. The van der Waals surface area contributed by atoms with E-state index in [0.717, 1.165) is 50.0 Å². The van der Waals surface area contributed by atoms with Gasteiger partial charge in [-0.05, 0) is 55.0 Å². The molecule has 0 aromatic heterocycles. The van der Waals surface area contributed by atoms with Gasteiger partial charge in [0.25, 0.3) is 0 Å². The number of urea groups is 1. The summed E-state index contributed by atoms with van der Waals surface area (Å²) in [4.78, 5) is 26.3. The Morgan fingerprint density at radius 1 is 1.03 bits per heavy atom. The van der Waals surface area contributed by atoms with Gasteiger partial charge >= 0.3 is 6.03 Å². The third kappa shape index (κ3) is 5.28. The number of para-hydroxylation sites is 1. The summed E-state index contributed by atoms with van der Waals surface area (Å²) < 4.78 is 0. The van der Waals surface area contributed by atoms with Gasteiger partial charge in [-0.15, -0.1) is 0 Å². The van der Waals surface area contributed by atoms with E-state index < -0.39 is 0 Å². The van der Waals surface area contributed by atoms with Crippen molar-refractivity contribution in [2.75, 3.05) is 29.9 Å². The van der Waals surface area contributed by atoms with Gasteiger partial charge in [0.05, 0.1) is 0 Å². The summed E-state index contributed by atoms with van der Waals surface area (Å²) in [6.45, 7) is 3.07. The highest BCUT2D eigenvalue weighted by Crippen LogP contribution is 2.30. The normalized spacial score (nSPS) is 15.0. The molecule has 2 aromatic rings. The van der Waals surface area contributed by atoms with Crippen molar-refractivity contribution in [3.05, 3.63) is 59.7 Å². The summed E-state index contributed by atoms with van der Waals surface area (Å²) in [5.41, 5.74) is 4.48. The zero-order chi connectivity index (χ0) is 20.1. The molecule has 0 unspecified atom stereocenters. The molecule has 0 radical (unpaired) electrons. The van der Waals surface area contributed by atoms with Crippen LogP contribution in [-0.4, -0.2) is 31.6 Å². The minimum Gasteiger partial charge on any atom is -0.371 e. The van der Waals surface area contributed by atoms with Crippen LogP contribution in [-0.2, 0) is 17.8 Å². The highest BCUT2D eigenvalue weighted by molar-refractivity contribution is 5.94. The number of nitrogens with zero attached hydrogens (tertiary/aromatic N) is 1. The first kappa shape index (κ1) is 19.3. The van der Waals surface area contributed by atoms with Gasteiger partial charge in [0.15, 0.2) is 0 Å². The Hall–Kier alpha value is -3.02. The van der Waals surface area contributed by atoms with Crippen LogP contribution in [0.2, 0.25) is 0 Å². The van der Waals surface area contributed by atoms with E-state index in [-0.39, 0.29) is 17.9 Å². The number of hydrogen-bond acceptors (Lipinski definition) is 3. The van der Waals surface area contributed by atoms with E-state index in [1.54, 1.807) is 0 Å². The maximum Gasteiger partial charge on any atom is 0.315 e. The number of carbonyl (C=O) groups excluding carboxylic acids is 2. The Kier molecular flexibility index (Phi) is 5.98. The van der Waals surface area contributed by atoms with Gasteiger partial charge < -0.3 is 20.9 Å². The lowest BCUT2D eigenvalue weighted by Gasteiger charge is -2.19. The van der Waals surface area contributed by atoms with Gasteiger partial charge in [-0.3, -0.25) is 4.79 Å². The molecule has 2 aliphatic rings. The second-order valence-electron chi connectivity index (χ2n) is 7.79. The molecule has 29 heavy (non-hydrogen) atoms. The highest BCUT2D eigenvalue weighted by atomic mass is 16.2. The Morgan fingerprint density at radius 3 is 2.76 bits per heavy atom. The number of benzene rings is 2. The molecule has 1 saturated carbocycles. The first-order valence-corrected chi connectivity index (χ1v) is 10.4. The van der Waals surface area contributed by atoms with Crippen LogP contribution in [0.5, 0.6) is 0 Å². The fourth-order valence-corrected chi connectivity index (χ4v) is 3.70. The molecule has 3 amide bonds. The van der Waals surface area contributed by atoms with Crippen molar-refractivity contribution < 1.29 is 9.59 Å². The van der Waals surface area contributed by atoms with Crippen molar-refractivity contribution in [1.29, 1.82) is 0 Å². The number of rotatable bonds is 8. The van der Waals surface area contributed by atoms with Crippen LogP contribution < -0.4 is 20.9 Å². The van der Waals surface area contributed by atoms with E-state index in [0.29, 0.717) is 13.1 Å². The fourth-order valence-electron chi connectivity index (χ4n) is 3.70. The molecule has 2 aromatic carbocycles. The van der Waals surface area contributed by atoms with Crippen LogP contribution in [0.25, 0.3) is 0 Å². The molecule has 0 spiro atoms. The lowest BCUT2D eigenvalue weighted by atomic mass is 10.2. The van der Waals surface area contributed by atoms with Crippen LogP contribution in [0.3, 0.4) is 0 Å². The maximum atomic E-state index is 12.1. The smallest absolute Gasteiger partial charge is 0.315 e. The van der Waals surface area contributed by atoms with Crippen molar-refractivity contribution in [2.24, 2.45) is 5.92 Å². The summed E-state index contributed by atoms with van der Waals surface area (Å²) >= 11 is 0. The highest BCUT2D eigenvalue weighted by Gasteiger charge is 2.29. The summed E-state index contributed by atoms with van der Waals surface area (Å²) in [5, 5.41) is 8.74. The summed E-state index contributed by atoms with van der Waals surface area (Å²) in [5.74, 6) is 0.269. The average Bonchev–Trinajstić information content (AvgIpc) is 3.51. The molecule has 0 saturated heterocycles. The summed E-state index contributed by atoms with van der Waals surface area (Å²) in [6, 6.07) is 16.0. The first-order valence-electron chi connectivity index (χ1n) is 10.4. The maximum absolute atomic E-state index is 12.1. The second-order valence-corrected chi connectivity index (χ2v) is 7.79. The first-order chi connectivity index (χ1) is 14.2. The van der Waals surface area contributed by atoms with E-state index >= 15 is 0 Å². The van der Waals surface area contributed by atoms with E-state index in [4.69, 9.17) is 0 Å². The molecule has 4 rings (SSSR count). The molecule has 1 heterocycles. The number of nitrogens with one attached hydrogen (secondary N) is 3. The molecule has 3 N–H and O–H groups in total. The van der Waals surface area contributed by atoms with Gasteiger partial charge in [0.1, 0.15) is 0 Å². The lowest BCUT2D eigenvalue weighted by molar-refractivity contribution is -0.117. The zero-order valence-corrected chi connectivity index (χ0v) is 16.6. The monoisotopic (exact) mass is 392 g/mol. The predicted octanol–water partition coefficient (Wildman–Crippen LogP) is 3.29. The Balaban J connectivity index is 1.15. The van der Waals surface area contributed by atoms with Gasteiger partial charge in [-0.1, -0.05) is 30.3 Å². The predicted molar refractivity (Wildman–Crippen MR) is 115 cm³/mol. The number of anilines is 2. The fraction of sp³-hybridized carbons (Fsp3) is 0.391. The van der Waals surface area contributed by atoms with Crippen molar-refractivity contribution in [2.45, 2.75) is 32.2 Å². The van der Waals surface area contributed by atoms with Gasteiger partial charge in [0.2, 0.25) is 5.91 Å². The minimum absolute atomic E-state index is 0.0912. The van der Waals surface area contributed by atoms with Gasteiger partial charge in [-0.25, -0.2) is 4.79 Å². The zero-order valence-electron chi connectivity index (χ0n) is 16.6. The van der Waals surface area contributed by atoms with E-state index in [1.807, 2.05) is 24.3 Å². The van der Waals surface area contributed by atoms with Crippen molar-refractivity contribution in [3.8, 4) is 0 Å². The minimum atomic E-state index is -0.167. The van der Waals surface area contributed by atoms with Crippen molar-refractivity contribution >= 4 is 23.3 Å². The molecule has 6 nitrogen and oxygen atoms in total. The van der Waals surface area contributed by atoms with Crippen molar-refractivity contribution in [3.63, 3.8) is 0 Å². The van der Waals surface area contributed by atoms with Crippen LogP contribution in [0.4, 0.5) is 16.2 Å².